The molecule has 17 heavy (non-hydrogen) atoms. The molecule has 1 aromatic rings. The number of benzene rings is 1. The van der Waals surface area contributed by atoms with Gasteiger partial charge in [-0.3, -0.25) is 0 Å². The monoisotopic (exact) mass is 251 g/mol. The second kappa shape index (κ2) is 4.92. The molecule has 0 radical (unpaired) electrons. The summed E-state index contributed by atoms with van der Waals surface area (Å²) in [6.07, 6.45) is 3.81. The van der Waals surface area contributed by atoms with Gasteiger partial charge in [0, 0.05) is 12.2 Å². The van der Waals surface area contributed by atoms with Gasteiger partial charge in [0.1, 0.15) is 6.17 Å². The first kappa shape index (κ1) is 12.2. The van der Waals surface area contributed by atoms with Gasteiger partial charge in [-0.1, -0.05) is 30.3 Å². The molecule has 90 valence electrons. The zero-order valence-electron chi connectivity index (χ0n) is 9.66. The second-order valence-electron chi connectivity index (χ2n) is 4.35. The lowest BCUT2D eigenvalue weighted by atomic mass is 9.98. The van der Waals surface area contributed by atoms with Gasteiger partial charge >= 0.3 is 0 Å². The van der Waals surface area contributed by atoms with Gasteiger partial charge in [0.15, 0.2) is 0 Å². The molecule has 1 aliphatic carbocycles. The van der Waals surface area contributed by atoms with Crippen LogP contribution in [0.1, 0.15) is 12.5 Å². The highest BCUT2D eigenvalue weighted by Gasteiger charge is 2.30. The number of nitrogens with one attached hydrogen (secondary N) is 1. The Morgan fingerprint density at radius 1 is 1.35 bits per heavy atom. The van der Waals surface area contributed by atoms with Crippen LogP contribution < -0.4 is 5.32 Å². The van der Waals surface area contributed by atoms with E-state index in [0.29, 0.717) is 6.54 Å². The van der Waals surface area contributed by atoms with Crippen molar-refractivity contribution < 1.29 is 4.39 Å². The lowest BCUT2D eigenvalue weighted by molar-refractivity contribution is 0.349. The summed E-state index contributed by atoms with van der Waals surface area (Å²) in [7, 11) is 0. The molecule has 0 fully saturated rings. The van der Waals surface area contributed by atoms with Gasteiger partial charge in [-0.2, -0.15) is 0 Å². The smallest absolute Gasteiger partial charge is 0.141 e. The van der Waals surface area contributed by atoms with E-state index in [2.05, 4.69) is 5.32 Å². The van der Waals surface area contributed by atoms with Crippen molar-refractivity contribution in [3.8, 4) is 0 Å². The summed E-state index contributed by atoms with van der Waals surface area (Å²) in [6.45, 7) is 2.38. The maximum absolute atomic E-state index is 13.4. The standard InChI is InChI=1S/C14H15ClFN/c1-14(15)9-12(7-8-13(14)16)17-10-11-5-3-2-4-6-11/h2-9,13,17H,10H2,1H3. The number of rotatable bonds is 3. The Morgan fingerprint density at radius 2 is 2.06 bits per heavy atom. The quantitative estimate of drug-likeness (QED) is 0.810. The minimum absolute atomic E-state index is 0.709. The van der Waals surface area contributed by atoms with Crippen molar-refractivity contribution in [3.63, 3.8) is 0 Å². The van der Waals surface area contributed by atoms with Gasteiger partial charge in [0.2, 0.25) is 0 Å². The maximum Gasteiger partial charge on any atom is 0.141 e. The predicted octanol–water partition coefficient (Wildman–Crippen LogP) is 3.57. The van der Waals surface area contributed by atoms with E-state index in [4.69, 9.17) is 11.6 Å². The minimum Gasteiger partial charge on any atom is -0.381 e. The fourth-order valence-corrected chi connectivity index (χ4v) is 1.91. The van der Waals surface area contributed by atoms with Crippen LogP contribution in [-0.4, -0.2) is 11.0 Å². The third kappa shape index (κ3) is 3.10. The zero-order chi connectivity index (χ0) is 12.3. The van der Waals surface area contributed by atoms with Crippen LogP contribution in [0.15, 0.2) is 54.3 Å². The highest BCUT2D eigenvalue weighted by molar-refractivity contribution is 6.25. The molecule has 0 heterocycles. The largest absolute Gasteiger partial charge is 0.381 e. The van der Waals surface area contributed by atoms with E-state index >= 15 is 0 Å². The Morgan fingerprint density at radius 3 is 2.71 bits per heavy atom. The topological polar surface area (TPSA) is 12.0 Å². The summed E-state index contributed by atoms with van der Waals surface area (Å²) in [5.74, 6) is 0. The van der Waals surface area contributed by atoms with Gasteiger partial charge in [-0.15, -0.1) is 11.6 Å². The summed E-state index contributed by atoms with van der Waals surface area (Å²) in [5.41, 5.74) is 2.04. The third-order valence-electron chi connectivity index (χ3n) is 2.76. The van der Waals surface area contributed by atoms with Crippen LogP contribution in [-0.2, 0) is 6.54 Å². The van der Waals surface area contributed by atoms with Crippen molar-refractivity contribution in [1.82, 2.24) is 5.32 Å². The summed E-state index contributed by atoms with van der Waals surface area (Å²) in [5, 5.41) is 3.24. The Bertz CT molecular complexity index is 437. The van der Waals surface area contributed by atoms with Crippen LogP contribution in [0.5, 0.6) is 0 Å². The molecule has 0 saturated carbocycles. The van der Waals surface area contributed by atoms with Crippen molar-refractivity contribution in [1.29, 1.82) is 0 Å². The first-order valence-electron chi connectivity index (χ1n) is 5.60. The first-order valence-corrected chi connectivity index (χ1v) is 5.97. The zero-order valence-corrected chi connectivity index (χ0v) is 10.4. The van der Waals surface area contributed by atoms with Crippen LogP contribution >= 0.6 is 11.6 Å². The van der Waals surface area contributed by atoms with E-state index in [9.17, 15) is 4.39 Å². The summed E-state index contributed by atoms with van der Waals surface area (Å²) >= 11 is 6.06. The van der Waals surface area contributed by atoms with Crippen molar-refractivity contribution in [2.45, 2.75) is 24.5 Å². The lowest BCUT2D eigenvalue weighted by Crippen LogP contribution is -2.31. The van der Waals surface area contributed by atoms with Gasteiger partial charge in [0.25, 0.3) is 0 Å². The molecular formula is C14H15ClFN. The van der Waals surface area contributed by atoms with E-state index in [0.717, 1.165) is 5.70 Å². The SMILES string of the molecule is CC1(Cl)C=C(NCc2ccccc2)C=CC1F. The fourth-order valence-electron chi connectivity index (χ4n) is 1.72. The van der Waals surface area contributed by atoms with Crippen molar-refractivity contribution in [2.75, 3.05) is 0 Å². The number of alkyl halides is 2. The highest BCUT2D eigenvalue weighted by atomic mass is 35.5. The van der Waals surface area contributed by atoms with E-state index < -0.39 is 11.0 Å². The van der Waals surface area contributed by atoms with Crippen molar-refractivity contribution in [3.05, 3.63) is 59.8 Å². The maximum atomic E-state index is 13.4. The Balaban J connectivity index is 1.99. The van der Waals surface area contributed by atoms with Crippen molar-refractivity contribution >= 4 is 11.6 Å². The Labute approximate surface area is 106 Å². The van der Waals surface area contributed by atoms with Crippen molar-refractivity contribution in [2.24, 2.45) is 0 Å². The third-order valence-corrected chi connectivity index (χ3v) is 3.08. The molecular weight excluding hydrogens is 237 g/mol. The van der Waals surface area contributed by atoms with Gasteiger partial charge in [-0.25, -0.2) is 4.39 Å². The molecule has 0 saturated heterocycles. The molecule has 2 atom stereocenters. The Kier molecular flexibility index (Phi) is 3.53. The van der Waals surface area contributed by atoms with Gasteiger partial charge < -0.3 is 5.32 Å². The van der Waals surface area contributed by atoms with Gasteiger partial charge in [0.05, 0.1) is 4.87 Å². The average molecular weight is 252 g/mol. The van der Waals surface area contributed by atoms with E-state index in [-0.39, 0.29) is 0 Å². The van der Waals surface area contributed by atoms with E-state index in [1.807, 2.05) is 30.3 Å². The summed E-state index contributed by atoms with van der Waals surface area (Å²) in [4.78, 5) is -0.951. The number of allylic oxidation sites excluding steroid dienone is 3. The number of halogens is 2. The molecule has 0 aliphatic heterocycles. The Hall–Kier alpha value is -1.28. The highest BCUT2D eigenvalue weighted by Crippen LogP contribution is 2.29. The van der Waals surface area contributed by atoms with E-state index in [1.54, 1.807) is 19.1 Å². The predicted molar refractivity (Wildman–Crippen MR) is 69.7 cm³/mol. The molecule has 2 rings (SSSR count). The number of hydrogen-bond acceptors (Lipinski definition) is 1. The average Bonchev–Trinajstić information content (AvgIpc) is 2.32. The molecule has 1 N–H and O–H groups in total. The van der Waals surface area contributed by atoms with Crippen LogP contribution in [0.25, 0.3) is 0 Å². The normalized spacial score (nSPS) is 27.7. The van der Waals surface area contributed by atoms with Crippen LogP contribution in [0.3, 0.4) is 0 Å². The molecule has 0 spiro atoms. The molecule has 0 amide bonds. The molecule has 2 unspecified atom stereocenters. The van der Waals surface area contributed by atoms with E-state index in [1.165, 1.54) is 11.6 Å². The second-order valence-corrected chi connectivity index (χ2v) is 5.17. The molecule has 1 nitrogen and oxygen atoms in total. The molecule has 0 aromatic heterocycles. The minimum atomic E-state index is -1.13. The first-order chi connectivity index (χ1) is 8.08. The van der Waals surface area contributed by atoms with Crippen LogP contribution in [0.2, 0.25) is 0 Å². The molecule has 3 heteroatoms. The summed E-state index contributed by atoms with van der Waals surface area (Å²) in [6, 6.07) is 10.0. The number of hydrogen-bond donors (Lipinski definition) is 1. The molecule has 1 aliphatic rings. The van der Waals surface area contributed by atoms with Gasteiger partial charge in [-0.05, 0) is 30.7 Å². The molecule has 0 bridgehead atoms. The fraction of sp³-hybridized carbons (Fsp3) is 0.286. The molecule has 1 aromatic carbocycles. The summed E-state index contributed by atoms with van der Waals surface area (Å²) < 4.78 is 13.4. The van der Waals surface area contributed by atoms with Crippen LogP contribution in [0.4, 0.5) is 4.39 Å². The lowest BCUT2D eigenvalue weighted by Gasteiger charge is -2.25. The van der Waals surface area contributed by atoms with Crippen LogP contribution in [0, 0.1) is 0 Å².